The third kappa shape index (κ3) is 2.83. The number of amides is 1. The number of rotatable bonds is 2. The zero-order valence-corrected chi connectivity index (χ0v) is 11.3. The Kier molecular flexibility index (Phi) is 4.30. The third-order valence-corrected chi connectivity index (χ3v) is 3.85. The van der Waals surface area contributed by atoms with E-state index in [9.17, 15) is 15.0 Å². The summed E-state index contributed by atoms with van der Waals surface area (Å²) in [6, 6.07) is 4.76. The highest BCUT2D eigenvalue weighted by Gasteiger charge is 2.27. The maximum Gasteiger partial charge on any atom is 0.258 e. The van der Waals surface area contributed by atoms with Crippen molar-refractivity contribution in [2.45, 2.75) is 45.1 Å². The van der Waals surface area contributed by atoms with Gasteiger partial charge in [-0.15, -0.1) is 0 Å². The predicted molar refractivity (Wildman–Crippen MR) is 73.4 cm³/mol. The average molecular weight is 263 g/mol. The van der Waals surface area contributed by atoms with Gasteiger partial charge in [0.05, 0.1) is 5.56 Å². The first-order valence-electron chi connectivity index (χ1n) is 6.97. The molecule has 4 heteroatoms. The van der Waals surface area contributed by atoms with Gasteiger partial charge >= 0.3 is 0 Å². The minimum Gasteiger partial charge on any atom is -0.504 e. The second kappa shape index (κ2) is 5.95. The molecule has 2 rings (SSSR count). The molecule has 0 saturated carbocycles. The molecule has 1 fully saturated rings. The van der Waals surface area contributed by atoms with Crippen molar-refractivity contribution in [1.29, 1.82) is 0 Å². The highest BCUT2D eigenvalue weighted by molar-refractivity contribution is 5.97. The van der Waals surface area contributed by atoms with E-state index in [1.165, 1.54) is 6.07 Å². The van der Waals surface area contributed by atoms with E-state index in [1.54, 1.807) is 12.1 Å². The van der Waals surface area contributed by atoms with Crippen molar-refractivity contribution < 1.29 is 15.0 Å². The predicted octanol–water partition coefficient (Wildman–Crippen LogP) is 2.89. The van der Waals surface area contributed by atoms with Crippen LogP contribution in [-0.4, -0.2) is 33.6 Å². The second-order valence-electron chi connectivity index (χ2n) is 5.08. The highest BCUT2D eigenvalue weighted by atomic mass is 16.3. The summed E-state index contributed by atoms with van der Waals surface area (Å²) in [4.78, 5) is 14.4. The zero-order chi connectivity index (χ0) is 13.8. The lowest BCUT2D eigenvalue weighted by atomic mass is 10.1. The molecular formula is C15H21NO3. The van der Waals surface area contributed by atoms with Gasteiger partial charge in [-0.1, -0.05) is 25.8 Å². The molecule has 0 radical (unpaired) electrons. The smallest absolute Gasteiger partial charge is 0.258 e. The number of aromatic hydroxyl groups is 2. The van der Waals surface area contributed by atoms with Crippen LogP contribution in [0.3, 0.4) is 0 Å². The summed E-state index contributed by atoms with van der Waals surface area (Å²) in [5.74, 6) is -0.734. The Labute approximate surface area is 113 Å². The molecule has 1 saturated heterocycles. The van der Waals surface area contributed by atoms with Crippen LogP contribution in [0, 0.1) is 0 Å². The van der Waals surface area contributed by atoms with E-state index in [4.69, 9.17) is 0 Å². The summed E-state index contributed by atoms with van der Waals surface area (Å²) in [6.07, 6.45) is 5.23. The first-order chi connectivity index (χ1) is 9.15. The molecule has 1 aromatic carbocycles. The number of hydrogen-bond donors (Lipinski definition) is 2. The van der Waals surface area contributed by atoms with E-state index in [2.05, 4.69) is 6.92 Å². The van der Waals surface area contributed by atoms with Crippen molar-refractivity contribution in [3.8, 4) is 11.5 Å². The number of carbonyl (C=O) groups excluding carboxylic acids is 1. The molecule has 104 valence electrons. The van der Waals surface area contributed by atoms with Gasteiger partial charge in [0.25, 0.3) is 5.91 Å². The van der Waals surface area contributed by atoms with E-state index in [0.29, 0.717) is 0 Å². The monoisotopic (exact) mass is 263 g/mol. The van der Waals surface area contributed by atoms with Gasteiger partial charge in [-0.25, -0.2) is 0 Å². The van der Waals surface area contributed by atoms with Crippen LogP contribution in [0.15, 0.2) is 18.2 Å². The van der Waals surface area contributed by atoms with Crippen molar-refractivity contribution in [2.24, 2.45) is 0 Å². The number of carbonyl (C=O) groups is 1. The quantitative estimate of drug-likeness (QED) is 0.806. The van der Waals surface area contributed by atoms with E-state index >= 15 is 0 Å². The molecule has 1 unspecified atom stereocenters. The Bertz CT molecular complexity index is 459. The van der Waals surface area contributed by atoms with Crippen LogP contribution >= 0.6 is 0 Å². The molecule has 1 aliphatic rings. The lowest BCUT2D eigenvalue weighted by molar-refractivity contribution is 0.0674. The summed E-state index contributed by atoms with van der Waals surface area (Å²) in [5.41, 5.74) is 0.195. The second-order valence-corrected chi connectivity index (χ2v) is 5.08. The van der Waals surface area contributed by atoms with E-state index in [-0.39, 0.29) is 29.0 Å². The number of hydrogen-bond acceptors (Lipinski definition) is 3. The summed E-state index contributed by atoms with van der Waals surface area (Å²) < 4.78 is 0. The lowest BCUT2D eigenvalue weighted by Crippen LogP contribution is -2.39. The highest BCUT2D eigenvalue weighted by Crippen LogP contribution is 2.31. The van der Waals surface area contributed by atoms with Crippen LogP contribution in [0.4, 0.5) is 0 Å². The molecule has 0 bridgehead atoms. The van der Waals surface area contributed by atoms with Gasteiger partial charge in [-0.2, -0.15) is 0 Å². The SMILES string of the molecule is CCC1CCCCCN1C(=O)c1cccc(O)c1O. The average Bonchev–Trinajstić information content (AvgIpc) is 2.66. The Balaban J connectivity index is 2.28. The summed E-state index contributed by atoms with van der Waals surface area (Å²) in [5, 5.41) is 19.3. The van der Waals surface area contributed by atoms with Crippen LogP contribution in [0.1, 0.15) is 49.4 Å². The molecule has 19 heavy (non-hydrogen) atoms. The van der Waals surface area contributed by atoms with E-state index in [0.717, 1.165) is 38.6 Å². The van der Waals surface area contributed by atoms with Gasteiger partial charge in [0.2, 0.25) is 0 Å². The first-order valence-corrected chi connectivity index (χ1v) is 6.97. The minimum absolute atomic E-state index is 0.179. The molecule has 0 spiro atoms. The Morgan fingerprint density at radius 2 is 2.11 bits per heavy atom. The lowest BCUT2D eigenvalue weighted by Gasteiger charge is -2.29. The normalized spacial score (nSPS) is 20.1. The summed E-state index contributed by atoms with van der Waals surface area (Å²) >= 11 is 0. The number of phenolic OH excluding ortho intramolecular Hbond substituents is 2. The molecule has 4 nitrogen and oxygen atoms in total. The largest absolute Gasteiger partial charge is 0.504 e. The zero-order valence-electron chi connectivity index (χ0n) is 11.3. The van der Waals surface area contributed by atoms with Crippen LogP contribution < -0.4 is 0 Å². The molecule has 0 aromatic heterocycles. The van der Waals surface area contributed by atoms with Crippen LogP contribution in [0.2, 0.25) is 0 Å². The molecular weight excluding hydrogens is 242 g/mol. The Morgan fingerprint density at radius 1 is 1.32 bits per heavy atom. The van der Waals surface area contributed by atoms with Crippen molar-refractivity contribution in [3.63, 3.8) is 0 Å². The topological polar surface area (TPSA) is 60.8 Å². The van der Waals surface area contributed by atoms with Crippen molar-refractivity contribution in [1.82, 2.24) is 4.90 Å². The van der Waals surface area contributed by atoms with E-state index < -0.39 is 0 Å². The number of phenols is 2. The fourth-order valence-corrected chi connectivity index (χ4v) is 2.73. The Hall–Kier alpha value is -1.71. The molecule has 1 atom stereocenters. The van der Waals surface area contributed by atoms with Gasteiger partial charge in [0.15, 0.2) is 11.5 Å². The van der Waals surface area contributed by atoms with Crippen LogP contribution in [0.5, 0.6) is 11.5 Å². The van der Waals surface area contributed by atoms with Crippen molar-refractivity contribution >= 4 is 5.91 Å². The van der Waals surface area contributed by atoms with Gasteiger partial charge in [-0.3, -0.25) is 4.79 Å². The standard InChI is InChI=1S/C15H21NO3/c1-2-11-7-4-3-5-10-16(11)15(19)12-8-6-9-13(17)14(12)18/h6,8-9,11,17-18H,2-5,7,10H2,1H3. The van der Waals surface area contributed by atoms with Gasteiger partial charge < -0.3 is 15.1 Å². The van der Waals surface area contributed by atoms with E-state index in [1.807, 2.05) is 4.90 Å². The van der Waals surface area contributed by atoms with Crippen molar-refractivity contribution in [3.05, 3.63) is 23.8 Å². The third-order valence-electron chi connectivity index (χ3n) is 3.85. The van der Waals surface area contributed by atoms with Gasteiger partial charge in [0.1, 0.15) is 0 Å². The molecule has 0 aliphatic carbocycles. The van der Waals surface area contributed by atoms with Crippen molar-refractivity contribution in [2.75, 3.05) is 6.54 Å². The Morgan fingerprint density at radius 3 is 2.84 bits per heavy atom. The minimum atomic E-state index is -0.313. The fraction of sp³-hybridized carbons (Fsp3) is 0.533. The molecule has 2 N–H and O–H groups in total. The molecule has 1 heterocycles. The van der Waals surface area contributed by atoms with Crippen LogP contribution in [-0.2, 0) is 0 Å². The molecule has 1 aliphatic heterocycles. The van der Waals surface area contributed by atoms with Gasteiger partial charge in [0, 0.05) is 12.6 Å². The van der Waals surface area contributed by atoms with Gasteiger partial charge in [-0.05, 0) is 31.4 Å². The fourth-order valence-electron chi connectivity index (χ4n) is 2.73. The number of benzene rings is 1. The van der Waals surface area contributed by atoms with Crippen LogP contribution in [0.25, 0.3) is 0 Å². The molecule has 1 aromatic rings. The summed E-state index contributed by atoms with van der Waals surface area (Å²) in [7, 11) is 0. The molecule has 1 amide bonds. The maximum absolute atomic E-state index is 12.5. The number of nitrogens with zero attached hydrogens (tertiary/aromatic N) is 1. The number of likely N-dealkylation sites (tertiary alicyclic amines) is 1. The summed E-state index contributed by atoms with van der Waals surface area (Å²) in [6.45, 7) is 2.81. The first kappa shape index (κ1) is 13.7. The maximum atomic E-state index is 12.5. The number of para-hydroxylation sites is 1.